The van der Waals surface area contributed by atoms with Crippen molar-refractivity contribution in [1.29, 1.82) is 0 Å². The van der Waals surface area contributed by atoms with E-state index in [0.29, 0.717) is 24.2 Å². The molecular weight excluding hydrogens is 294 g/mol. The molecule has 1 saturated carbocycles. The molecule has 0 aromatic heterocycles. The first-order valence-corrected chi connectivity index (χ1v) is 9.14. The number of rotatable bonds is 7. The molecule has 5 heteroatoms. The van der Waals surface area contributed by atoms with Crippen LogP contribution in [0.25, 0.3) is 0 Å². The van der Waals surface area contributed by atoms with E-state index in [-0.39, 0.29) is 24.7 Å². The van der Waals surface area contributed by atoms with Crippen molar-refractivity contribution in [2.24, 2.45) is 17.8 Å². The Kier molecular flexibility index (Phi) is 5.59. The fourth-order valence-electron chi connectivity index (χ4n) is 4.07. The highest BCUT2D eigenvalue weighted by molar-refractivity contribution is 5.93. The smallest absolute Gasteiger partial charge is 0.288 e. The fraction of sp³-hybridized carbons (Fsp3) is 0.833. The Bertz CT molecular complexity index is 440. The highest BCUT2D eigenvalue weighted by atomic mass is 16.7. The molecule has 3 atom stereocenters. The van der Waals surface area contributed by atoms with Gasteiger partial charge in [0, 0.05) is 32.2 Å². The first-order valence-electron chi connectivity index (χ1n) is 9.14. The van der Waals surface area contributed by atoms with Gasteiger partial charge in [0.2, 0.25) is 6.29 Å². The maximum Gasteiger partial charge on any atom is 0.288 e. The Morgan fingerprint density at radius 3 is 2.74 bits per heavy atom. The maximum absolute atomic E-state index is 12.4. The molecular formula is C18H29NO4. The minimum atomic E-state index is -0.360. The summed E-state index contributed by atoms with van der Waals surface area (Å²) < 4.78 is 11.8. The molecule has 5 nitrogen and oxygen atoms in total. The van der Waals surface area contributed by atoms with E-state index in [1.807, 2.05) is 6.92 Å². The zero-order valence-corrected chi connectivity index (χ0v) is 14.1. The molecule has 2 fully saturated rings. The van der Waals surface area contributed by atoms with Crippen LogP contribution in [-0.2, 0) is 14.3 Å². The summed E-state index contributed by atoms with van der Waals surface area (Å²) in [5.41, 5.74) is 0. The van der Waals surface area contributed by atoms with E-state index in [1.54, 1.807) is 4.90 Å². The van der Waals surface area contributed by atoms with Crippen LogP contribution in [0.3, 0.4) is 0 Å². The Hall–Kier alpha value is -1.07. The molecule has 1 amide bonds. The van der Waals surface area contributed by atoms with Gasteiger partial charge in [-0.2, -0.15) is 0 Å². The van der Waals surface area contributed by atoms with Crippen LogP contribution in [0.1, 0.15) is 45.4 Å². The van der Waals surface area contributed by atoms with Gasteiger partial charge in [0.05, 0.1) is 0 Å². The molecule has 0 radical (unpaired) electrons. The standard InChI is InChI=1S/C18H29NO4/c1-2-22-18-14(8-5-11-20)15(13-6-3-4-7-13)12-16(23-18)17(21)19-9-10-19/h12-15,18,20H,2-11H2,1H3/t14-,15+,18+/m1/s1. The van der Waals surface area contributed by atoms with E-state index in [4.69, 9.17) is 9.47 Å². The molecule has 23 heavy (non-hydrogen) atoms. The highest BCUT2D eigenvalue weighted by Crippen LogP contribution is 2.43. The summed E-state index contributed by atoms with van der Waals surface area (Å²) in [5.74, 6) is 1.67. The van der Waals surface area contributed by atoms with Crippen molar-refractivity contribution in [2.45, 2.75) is 51.7 Å². The van der Waals surface area contributed by atoms with Gasteiger partial charge in [-0.1, -0.05) is 12.8 Å². The molecule has 1 N–H and O–H groups in total. The van der Waals surface area contributed by atoms with Crippen LogP contribution in [-0.4, -0.2) is 48.5 Å². The largest absolute Gasteiger partial charge is 0.459 e. The molecule has 130 valence electrons. The van der Waals surface area contributed by atoms with E-state index >= 15 is 0 Å². The maximum atomic E-state index is 12.4. The molecule has 0 unspecified atom stereocenters. The summed E-state index contributed by atoms with van der Waals surface area (Å²) in [6, 6.07) is 0. The molecule has 0 bridgehead atoms. The van der Waals surface area contributed by atoms with E-state index in [2.05, 4.69) is 6.08 Å². The van der Waals surface area contributed by atoms with Crippen molar-refractivity contribution >= 4 is 5.91 Å². The van der Waals surface area contributed by atoms with Gasteiger partial charge in [0.1, 0.15) is 0 Å². The monoisotopic (exact) mass is 323 g/mol. The topological polar surface area (TPSA) is 58.8 Å². The van der Waals surface area contributed by atoms with Crippen LogP contribution in [0.2, 0.25) is 0 Å². The molecule has 3 aliphatic rings. The van der Waals surface area contributed by atoms with Crippen molar-refractivity contribution in [1.82, 2.24) is 4.90 Å². The van der Waals surface area contributed by atoms with E-state index in [9.17, 15) is 9.90 Å². The SMILES string of the molecule is CCO[C@H]1OC(C(=O)N2CC2)=C[C@@H](C2CCCC2)[C@H]1CCCO. The predicted molar refractivity (Wildman–Crippen MR) is 86.4 cm³/mol. The van der Waals surface area contributed by atoms with Crippen LogP contribution in [0.15, 0.2) is 11.8 Å². The first kappa shape index (κ1) is 16.8. The van der Waals surface area contributed by atoms with Gasteiger partial charge < -0.3 is 19.5 Å². The number of nitrogens with zero attached hydrogens (tertiary/aromatic N) is 1. The minimum Gasteiger partial charge on any atom is -0.459 e. The molecule has 2 aliphatic heterocycles. The number of carbonyl (C=O) groups is 1. The van der Waals surface area contributed by atoms with Gasteiger partial charge in [0.15, 0.2) is 5.76 Å². The zero-order chi connectivity index (χ0) is 16.2. The third-order valence-corrected chi connectivity index (χ3v) is 5.35. The Labute approximate surface area is 138 Å². The van der Waals surface area contributed by atoms with Crippen molar-refractivity contribution in [3.05, 3.63) is 11.8 Å². The molecule has 0 aromatic carbocycles. The summed E-state index contributed by atoms with van der Waals surface area (Å²) in [4.78, 5) is 14.2. The molecule has 0 spiro atoms. The summed E-state index contributed by atoms with van der Waals surface area (Å²) in [6.07, 6.45) is 8.35. The lowest BCUT2D eigenvalue weighted by Gasteiger charge is -2.39. The lowest BCUT2D eigenvalue weighted by atomic mass is 9.76. The quantitative estimate of drug-likeness (QED) is 0.730. The zero-order valence-electron chi connectivity index (χ0n) is 14.1. The van der Waals surface area contributed by atoms with Gasteiger partial charge in [0.25, 0.3) is 5.91 Å². The van der Waals surface area contributed by atoms with Gasteiger partial charge in [-0.25, -0.2) is 0 Å². The Morgan fingerprint density at radius 2 is 2.13 bits per heavy atom. The molecule has 2 heterocycles. The third-order valence-electron chi connectivity index (χ3n) is 5.35. The van der Waals surface area contributed by atoms with Crippen LogP contribution in [0.4, 0.5) is 0 Å². The third kappa shape index (κ3) is 3.89. The molecule has 0 aromatic rings. The Balaban J connectivity index is 1.82. The number of aliphatic hydroxyl groups excluding tert-OH is 1. The van der Waals surface area contributed by atoms with E-state index < -0.39 is 0 Å². The first-order chi connectivity index (χ1) is 11.2. The van der Waals surface area contributed by atoms with Crippen LogP contribution < -0.4 is 0 Å². The molecule has 1 aliphatic carbocycles. The number of hydrogen-bond donors (Lipinski definition) is 1. The van der Waals surface area contributed by atoms with Crippen molar-refractivity contribution in [2.75, 3.05) is 26.3 Å². The normalized spacial score (nSPS) is 31.0. The van der Waals surface area contributed by atoms with Crippen LogP contribution in [0, 0.1) is 17.8 Å². The van der Waals surface area contributed by atoms with Gasteiger partial charge in [-0.15, -0.1) is 0 Å². The number of allylic oxidation sites excluding steroid dienone is 1. The van der Waals surface area contributed by atoms with E-state index in [0.717, 1.165) is 25.9 Å². The summed E-state index contributed by atoms with van der Waals surface area (Å²) >= 11 is 0. The summed E-state index contributed by atoms with van der Waals surface area (Å²) in [7, 11) is 0. The van der Waals surface area contributed by atoms with Crippen molar-refractivity contribution in [3.63, 3.8) is 0 Å². The number of ether oxygens (including phenoxy) is 2. The lowest BCUT2D eigenvalue weighted by molar-refractivity contribution is -0.177. The van der Waals surface area contributed by atoms with Crippen molar-refractivity contribution in [3.8, 4) is 0 Å². The van der Waals surface area contributed by atoms with Gasteiger partial charge in [-0.3, -0.25) is 4.79 Å². The minimum absolute atomic E-state index is 0.0123. The number of carbonyl (C=O) groups excluding carboxylic acids is 1. The average molecular weight is 323 g/mol. The average Bonchev–Trinajstić information content (AvgIpc) is 3.27. The van der Waals surface area contributed by atoms with Gasteiger partial charge >= 0.3 is 0 Å². The van der Waals surface area contributed by atoms with Crippen LogP contribution in [0.5, 0.6) is 0 Å². The Morgan fingerprint density at radius 1 is 1.39 bits per heavy atom. The second-order valence-corrected chi connectivity index (χ2v) is 6.92. The second kappa shape index (κ2) is 7.67. The number of aliphatic hydroxyl groups is 1. The predicted octanol–water partition coefficient (Wildman–Crippen LogP) is 2.30. The molecule has 1 saturated heterocycles. The van der Waals surface area contributed by atoms with Crippen LogP contribution >= 0.6 is 0 Å². The van der Waals surface area contributed by atoms with E-state index in [1.165, 1.54) is 25.7 Å². The summed E-state index contributed by atoms with van der Waals surface area (Å²) in [6.45, 7) is 4.39. The molecule has 3 rings (SSSR count). The van der Waals surface area contributed by atoms with Gasteiger partial charge in [-0.05, 0) is 50.5 Å². The lowest BCUT2D eigenvalue weighted by Crippen LogP contribution is -2.40. The van der Waals surface area contributed by atoms with Crippen molar-refractivity contribution < 1.29 is 19.4 Å². The summed E-state index contributed by atoms with van der Waals surface area (Å²) in [5, 5.41) is 9.23. The second-order valence-electron chi connectivity index (χ2n) is 6.92. The number of hydrogen-bond acceptors (Lipinski definition) is 4. The highest BCUT2D eigenvalue weighted by Gasteiger charge is 2.42. The fourth-order valence-corrected chi connectivity index (χ4v) is 4.07. The number of amides is 1.